The molecular formula is C11H22O3. The third-order valence-electron chi connectivity index (χ3n) is 2.63. The first kappa shape index (κ1) is 12.0. The van der Waals surface area contributed by atoms with E-state index >= 15 is 0 Å². The number of hydrogen-bond donors (Lipinski definition) is 1. The highest BCUT2D eigenvalue weighted by molar-refractivity contribution is 4.89. The zero-order chi connectivity index (χ0) is 10.8. The van der Waals surface area contributed by atoms with Crippen LogP contribution in [0.4, 0.5) is 0 Å². The van der Waals surface area contributed by atoms with Gasteiger partial charge in [0.15, 0.2) is 0 Å². The molecule has 3 heteroatoms. The maximum Gasteiger partial charge on any atom is 0.0936 e. The summed E-state index contributed by atoms with van der Waals surface area (Å²) in [6.07, 6.45) is 1.77. The highest BCUT2D eigenvalue weighted by Crippen LogP contribution is 2.32. The van der Waals surface area contributed by atoms with Crippen molar-refractivity contribution in [3.63, 3.8) is 0 Å². The number of hydrogen-bond acceptors (Lipinski definition) is 3. The van der Waals surface area contributed by atoms with Gasteiger partial charge in [-0.1, -0.05) is 6.92 Å². The lowest BCUT2D eigenvalue weighted by Gasteiger charge is -2.26. The van der Waals surface area contributed by atoms with E-state index in [0.717, 1.165) is 12.8 Å². The van der Waals surface area contributed by atoms with E-state index in [9.17, 15) is 5.11 Å². The minimum atomic E-state index is -0.351. The summed E-state index contributed by atoms with van der Waals surface area (Å²) in [5.74, 6) is 0. The molecular weight excluding hydrogens is 180 g/mol. The van der Waals surface area contributed by atoms with Crippen molar-refractivity contribution in [2.45, 2.75) is 57.8 Å². The Balaban J connectivity index is 2.48. The van der Waals surface area contributed by atoms with Crippen LogP contribution in [0, 0.1) is 0 Å². The van der Waals surface area contributed by atoms with E-state index in [2.05, 4.69) is 0 Å². The average molecular weight is 202 g/mol. The molecule has 1 rings (SSSR count). The Morgan fingerprint density at radius 2 is 2.14 bits per heavy atom. The van der Waals surface area contributed by atoms with Crippen LogP contribution in [0.25, 0.3) is 0 Å². The van der Waals surface area contributed by atoms with Crippen LogP contribution >= 0.6 is 0 Å². The van der Waals surface area contributed by atoms with E-state index in [-0.39, 0.29) is 23.9 Å². The molecule has 3 nitrogen and oxygen atoms in total. The largest absolute Gasteiger partial charge is 0.393 e. The van der Waals surface area contributed by atoms with Gasteiger partial charge in [0, 0.05) is 6.42 Å². The molecule has 1 fully saturated rings. The van der Waals surface area contributed by atoms with Gasteiger partial charge in [0.1, 0.15) is 0 Å². The highest BCUT2D eigenvalue weighted by atomic mass is 16.6. The second kappa shape index (κ2) is 4.17. The van der Waals surface area contributed by atoms with Crippen LogP contribution in [0.3, 0.4) is 0 Å². The minimum absolute atomic E-state index is 0.0908. The first-order valence-electron chi connectivity index (χ1n) is 5.33. The maximum atomic E-state index is 9.25. The molecule has 1 aliphatic rings. The highest BCUT2D eigenvalue weighted by Gasteiger charge is 2.40. The van der Waals surface area contributed by atoms with Gasteiger partial charge < -0.3 is 14.6 Å². The fourth-order valence-electron chi connectivity index (χ4n) is 1.85. The quantitative estimate of drug-likeness (QED) is 0.757. The van der Waals surface area contributed by atoms with Crippen LogP contribution in [0.2, 0.25) is 0 Å². The molecule has 1 N–H and O–H groups in total. The van der Waals surface area contributed by atoms with Crippen LogP contribution in [-0.2, 0) is 9.47 Å². The van der Waals surface area contributed by atoms with Crippen molar-refractivity contribution in [1.82, 2.24) is 0 Å². The van der Waals surface area contributed by atoms with Crippen LogP contribution in [0.15, 0.2) is 0 Å². The van der Waals surface area contributed by atoms with E-state index in [4.69, 9.17) is 9.47 Å². The summed E-state index contributed by atoms with van der Waals surface area (Å²) in [6, 6.07) is 0. The Kier molecular flexibility index (Phi) is 3.56. The summed E-state index contributed by atoms with van der Waals surface area (Å²) in [6.45, 7) is 8.85. The summed E-state index contributed by atoms with van der Waals surface area (Å²) in [5, 5.41) is 9.25. The summed E-state index contributed by atoms with van der Waals surface area (Å²) in [5.41, 5.74) is -0.483. The molecule has 0 amide bonds. The van der Waals surface area contributed by atoms with Crippen molar-refractivity contribution < 1.29 is 14.6 Å². The van der Waals surface area contributed by atoms with Crippen LogP contribution in [0.1, 0.15) is 40.5 Å². The van der Waals surface area contributed by atoms with E-state index in [1.807, 2.05) is 27.7 Å². The van der Waals surface area contributed by atoms with Crippen molar-refractivity contribution in [1.29, 1.82) is 0 Å². The molecule has 2 unspecified atom stereocenters. The van der Waals surface area contributed by atoms with E-state index in [1.54, 1.807) is 0 Å². The molecule has 84 valence electrons. The van der Waals surface area contributed by atoms with Gasteiger partial charge in [0.2, 0.25) is 0 Å². The molecule has 0 radical (unpaired) electrons. The fourth-order valence-corrected chi connectivity index (χ4v) is 1.85. The molecule has 0 aliphatic carbocycles. The van der Waals surface area contributed by atoms with E-state index < -0.39 is 0 Å². The third kappa shape index (κ3) is 2.94. The standard InChI is InChI=1S/C11H22O3/c1-5-11(8-12)6-9(7-13-11)14-10(2,3)4/h9,12H,5-8H2,1-4H3. The van der Waals surface area contributed by atoms with Crippen molar-refractivity contribution in [3.05, 3.63) is 0 Å². The van der Waals surface area contributed by atoms with Gasteiger partial charge in [-0.3, -0.25) is 0 Å². The summed E-state index contributed by atoms with van der Waals surface area (Å²) in [4.78, 5) is 0. The normalized spacial score (nSPS) is 33.6. The van der Waals surface area contributed by atoms with Gasteiger partial charge in [-0.2, -0.15) is 0 Å². The van der Waals surface area contributed by atoms with Crippen LogP contribution < -0.4 is 0 Å². The molecule has 0 spiro atoms. The SMILES string of the molecule is CCC1(CO)CC(OC(C)(C)C)CO1. The predicted octanol–water partition coefficient (Wildman–Crippen LogP) is 1.73. The Labute approximate surface area is 86.4 Å². The van der Waals surface area contributed by atoms with Crippen molar-refractivity contribution in [2.24, 2.45) is 0 Å². The van der Waals surface area contributed by atoms with Gasteiger partial charge in [-0.15, -0.1) is 0 Å². The first-order chi connectivity index (χ1) is 6.41. The number of rotatable bonds is 3. The maximum absolute atomic E-state index is 9.25. The fraction of sp³-hybridized carbons (Fsp3) is 1.00. The summed E-state index contributed by atoms with van der Waals surface area (Å²) >= 11 is 0. The number of aliphatic hydroxyl groups is 1. The second-order valence-electron chi connectivity index (χ2n) is 5.06. The Morgan fingerprint density at radius 3 is 2.50 bits per heavy atom. The zero-order valence-electron chi connectivity index (χ0n) is 9.67. The van der Waals surface area contributed by atoms with Crippen molar-refractivity contribution >= 4 is 0 Å². The molecule has 0 saturated carbocycles. The Bertz CT molecular complexity index is 179. The number of aliphatic hydroxyl groups excluding tert-OH is 1. The third-order valence-corrected chi connectivity index (χ3v) is 2.63. The molecule has 0 aromatic carbocycles. The Morgan fingerprint density at radius 1 is 1.50 bits per heavy atom. The van der Waals surface area contributed by atoms with E-state index in [0.29, 0.717) is 6.61 Å². The molecule has 0 aromatic rings. The van der Waals surface area contributed by atoms with Gasteiger partial charge in [0.25, 0.3) is 0 Å². The van der Waals surface area contributed by atoms with Crippen LogP contribution in [-0.4, -0.2) is 35.6 Å². The first-order valence-corrected chi connectivity index (χ1v) is 5.33. The predicted molar refractivity (Wildman–Crippen MR) is 55.3 cm³/mol. The minimum Gasteiger partial charge on any atom is -0.393 e. The van der Waals surface area contributed by atoms with Crippen molar-refractivity contribution in [3.8, 4) is 0 Å². The number of ether oxygens (including phenoxy) is 2. The summed E-state index contributed by atoms with van der Waals surface area (Å²) in [7, 11) is 0. The lowest BCUT2D eigenvalue weighted by molar-refractivity contribution is -0.0646. The molecule has 2 atom stereocenters. The molecule has 14 heavy (non-hydrogen) atoms. The monoisotopic (exact) mass is 202 g/mol. The zero-order valence-corrected chi connectivity index (χ0v) is 9.67. The average Bonchev–Trinajstić information content (AvgIpc) is 2.46. The summed E-state index contributed by atoms with van der Waals surface area (Å²) < 4.78 is 11.4. The van der Waals surface area contributed by atoms with Gasteiger partial charge >= 0.3 is 0 Å². The van der Waals surface area contributed by atoms with E-state index in [1.165, 1.54) is 0 Å². The van der Waals surface area contributed by atoms with Gasteiger partial charge in [0.05, 0.1) is 30.5 Å². The topological polar surface area (TPSA) is 38.7 Å². The lowest BCUT2D eigenvalue weighted by atomic mass is 9.97. The second-order valence-corrected chi connectivity index (χ2v) is 5.06. The smallest absolute Gasteiger partial charge is 0.0936 e. The van der Waals surface area contributed by atoms with Crippen LogP contribution in [0.5, 0.6) is 0 Å². The van der Waals surface area contributed by atoms with Gasteiger partial charge in [-0.05, 0) is 27.2 Å². The van der Waals surface area contributed by atoms with Crippen molar-refractivity contribution in [2.75, 3.05) is 13.2 Å². The molecule has 1 aliphatic heterocycles. The molecule has 1 heterocycles. The Hall–Kier alpha value is -0.120. The molecule has 0 bridgehead atoms. The lowest BCUT2D eigenvalue weighted by Crippen LogP contribution is -2.33. The molecule has 0 aromatic heterocycles. The van der Waals surface area contributed by atoms with Gasteiger partial charge in [-0.25, -0.2) is 0 Å². The molecule has 1 saturated heterocycles.